The summed E-state index contributed by atoms with van der Waals surface area (Å²) in [7, 11) is 2.13. The van der Waals surface area contributed by atoms with Crippen molar-refractivity contribution in [3.63, 3.8) is 0 Å². The van der Waals surface area contributed by atoms with E-state index < -0.39 is 0 Å². The van der Waals surface area contributed by atoms with Gasteiger partial charge >= 0.3 is 0 Å². The van der Waals surface area contributed by atoms with E-state index in [0.717, 1.165) is 24.6 Å². The fraction of sp³-hybridized carbons (Fsp3) is 0.400. The van der Waals surface area contributed by atoms with Gasteiger partial charge in [0, 0.05) is 30.7 Å². The first-order chi connectivity index (χ1) is 9.15. The minimum Gasteiger partial charge on any atom is -0.384 e. The highest BCUT2D eigenvalue weighted by Gasteiger charge is 2.03. The number of rotatable bonds is 6. The minimum atomic E-state index is 0.916. The summed E-state index contributed by atoms with van der Waals surface area (Å²) >= 11 is 1.72. The molecule has 3 nitrogen and oxygen atoms in total. The molecule has 0 atom stereocenters. The van der Waals surface area contributed by atoms with Crippen molar-refractivity contribution < 1.29 is 0 Å². The average Bonchev–Trinajstić information content (AvgIpc) is 2.77. The van der Waals surface area contributed by atoms with E-state index in [1.54, 1.807) is 11.3 Å². The number of benzene rings is 1. The molecular weight excluding hydrogens is 254 g/mol. The van der Waals surface area contributed by atoms with Gasteiger partial charge in [-0.15, -0.1) is 11.3 Å². The van der Waals surface area contributed by atoms with Gasteiger partial charge in [0.25, 0.3) is 0 Å². The van der Waals surface area contributed by atoms with Gasteiger partial charge in [-0.25, -0.2) is 4.98 Å². The quantitative estimate of drug-likeness (QED) is 0.876. The third-order valence-electron chi connectivity index (χ3n) is 3.05. The van der Waals surface area contributed by atoms with Gasteiger partial charge in [0.15, 0.2) is 0 Å². The number of likely N-dealkylation sites (N-methyl/N-ethyl adjacent to an activating group) is 1. The number of para-hydroxylation sites is 1. The number of hydrogen-bond donors (Lipinski definition) is 1. The topological polar surface area (TPSA) is 28.2 Å². The summed E-state index contributed by atoms with van der Waals surface area (Å²) in [6.45, 7) is 7.05. The molecule has 0 amide bonds. The maximum atomic E-state index is 4.49. The molecule has 0 radical (unpaired) electrons. The molecule has 19 heavy (non-hydrogen) atoms. The van der Waals surface area contributed by atoms with E-state index in [1.807, 2.05) is 6.92 Å². The Balaban J connectivity index is 1.75. The van der Waals surface area contributed by atoms with Crippen molar-refractivity contribution >= 4 is 17.0 Å². The summed E-state index contributed by atoms with van der Waals surface area (Å²) in [6.07, 6.45) is 0. The van der Waals surface area contributed by atoms with Crippen LogP contribution in [0.15, 0.2) is 29.6 Å². The summed E-state index contributed by atoms with van der Waals surface area (Å²) in [5.41, 5.74) is 3.68. The smallest absolute Gasteiger partial charge is 0.0897 e. The van der Waals surface area contributed by atoms with E-state index in [0.29, 0.717) is 0 Å². The van der Waals surface area contributed by atoms with Crippen LogP contribution in [0.3, 0.4) is 0 Å². The summed E-state index contributed by atoms with van der Waals surface area (Å²) in [4.78, 5) is 6.78. The number of thiazole rings is 1. The highest BCUT2D eigenvalue weighted by atomic mass is 32.1. The lowest BCUT2D eigenvalue weighted by Gasteiger charge is -2.16. The van der Waals surface area contributed by atoms with E-state index in [9.17, 15) is 0 Å². The number of hydrogen-bond acceptors (Lipinski definition) is 4. The lowest BCUT2D eigenvalue weighted by atomic mass is 10.2. The second kappa shape index (κ2) is 6.68. The zero-order valence-corrected chi connectivity index (χ0v) is 12.6. The Bertz CT molecular complexity index is 522. The van der Waals surface area contributed by atoms with Crippen molar-refractivity contribution in [3.8, 4) is 0 Å². The van der Waals surface area contributed by atoms with Gasteiger partial charge < -0.3 is 5.32 Å². The molecule has 102 valence electrons. The Morgan fingerprint density at radius 3 is 2.74 bits per heavy atom. The fourth-order valence-electron chi connectivity index (χ4n) is 1.99. The van der Waals surface area contributed by atoms with Crippen LogP contribution >= 0.6 is 11.3 Å². The largest absolute Gasteiger partial charge is 0.384 e. The molecule has 2 aromatic rings. The summed E-state index contributed by atoms with van der Waals surface area (Å²) in [6, 6.07) is 8.39. The van der Waals surface area contributed by atoms with E-state index in [-0.39, 0.29) is 0 Å². The number of anilines is 1. The molecule has 0 aliphatic rings. The first-order valence-electron chi connectivity index (χ1n) is 6.54. The van der Waals surface area contributed by atoms with Gasteiger partial charge in [-0.2, -0.15) is 0 Å². The molecule has 4 heteroatoms. The molecule has 0 saturated carbocycles. The van der Waals surface area contributed by atoms with E-state index in [4.69, 9.17) is 0 Å². The standard InChI is InChI=1S/C15H21N3S/c1-12-6-4-5-7-15(12)16-8-9-18(3)10-14-11-19-13(2)17-14/h4-7,11,16H,8-10H2,1-3H3. The molecule has 0 saturated heterocycles. The fourth-order valence-corrected chi connectivity index (χ4v) is 2.59. The molecule has 0 aliphatic heterocycles. The second-order valence-corrected chi connectivity index (χ2v) is 5.90. The van der Waals surface area contributed by atoms with Crippen LogP contribution in [0.25, 0.3) is 0 Å². The Hall–Kier alpha value is -1.39. The maximum Gasteiger partial charge on any atom is 0.0897 e. The van der Waals surface area contributed by atoms with Crippen LogP contribution in [0.5, 0.6) is 0 Å². The van der Waals surface area contributed by atoms with Crippen LogP contribution in [-0.4, -0.2) is 30.0 Å². The molecule has 2 rings (SSSR count). The van der Waals surface area contributed by atoms with Crippen LogP contribution in [0, 0.1) is 13.8 Å². The Morgan fingerprint density at radius 2 is 2.05 bits per heavy atom. The molecule has 0 spiro atoms. The second-order valence-electron chi connectivity index (χ2n) is 4.84. The van der Waals surface area contributed by atoms with Gasteiger partial charge in [0.1, 0.15) is 0 Å². The van der Waals surface area contributed by atoms with Crippen molar-refractivity contribution in [1.29, 1.82) is 0 Å². The molecule has 1 N–H and O–H groups in total. The lowest BCUT2D eigenvalue weighted by Crippen LogP contribution is -2.25. The van der Waals surface area contributed by atoms with Crippen LogP contribution in [0.1, 0.15) is 16.3 Å². The third kappa shape index (κ3) is 4.33. The highest BCUT2D eigenvalue weighted by molar-refractivity contribution is 7.09. The van der Waals surface area contributed by atoms with E-state index >= 15 is 0 Å². The Labute approximate surface area is 119 Å². The first kappa shape index (κ1) is 14.0. The number of nitrogens with zero attached hydrogens (tertiary/aromatic N) is 2. The van der Waals surface area contributed by atoms with Crippen molar-refractivity contribution in [2.24, 2.45) is 0 Å². The average molecular weight is 275 g/mol. The lowest BCUT2D eigenvalue weighted by molar-refractivity contribution is 0.336. The molecule has 0 bridgehead atoms. The molecular formula is C15H21N3S. The Kier molecular flexibility index (Phi) is 4.93. The zero-order chi connectivity index (χ0) is 13.7. The monoisotopic (exact) mass is 275 g/mol. The number of aromatic nitrogens is 1. The molecule has 0 aliphatic carbocycles. The number of nitrogens with one attached hydrogen (secondary N) is 1. The van der Waals surface area contributed by atoms with Crippen molar-refractivity contribution in [2.45, 2.75) is 20.4 Å². The van der Waals surface area contributed by atoms with E-state index in [1.165, 1.54) is 16.9 Å². The molecule has 1 heterocycles. The third-order valence-corrected chi connectivity index (χ3v) is 3.87. The van der Waals surface area contributed by atoms with Gasteiger partial charge in [-0.1, -0.05) is 18.2 Å². The zero-order valence-electron chi connectivity index (χ0n) is 11.8. The van der Waals surface area contributed by atoms with Crippen molar-refractivity contribution in [3.05, 3.63) is 45.9 Å². The normalized spacial score (nSPS) is 10.9. The molecule has 0 fully saturated rings. The predicted octanol–water partition coefficient (Wildman–Crippen LogP) is 3.30. The molecule has 0 unspecified atom stereocenters. The van der Waals surface area contributed by atoms with Crippen LogP contribution < -0.4 is 5.32 Å². The van der Waals surface area contributed by atoms with Gasteiger partial charge in [-0.05, 0) is 32.5 Å². The van der Waals surface area contributed by atoms with Gasteiger partial charge in [0.05, 0.1) is 10.7 Å². The van der Waals surface area contributed by atoms with Crippen LogP contribution in [-0.2, 0) is 6.54 Å². The van der Waals surface area contributed by atoms with Gasteiger partial charge in [0.2, 0.25) is 0 Å². The minimum absolute atomic E-state index is 0.916. The number of aryl methyl sites for hydroxylation is 2. The first-order valence-corrected chi connectivity index (χ1v) is 7.42. The van der Waals surface area contributed by atoms with Crippen LogP contribution in [0.2, 0.25) is 0 Å². The predicted molar refractivity (Wildman–Crippen MR) is 82.9 cm³/mol. The summed E-state index contributed by atoms with van der Waals surface area (Å²) in [5, 5.41) is 6.76. The van der Waals surface area contributed by atoms with Gasteiger partial charge in [-0.3, -0.25) is 4.90 Å². The SMILES string of the molecule is Cc1nc(CN(C)CCNc2ccccc2C)cs1. The maximum absolute atomic E-state index is 4.49. The molecule has 1 aromatic carbocycles. The summed E-state index contributed by atoms with van der Waals surface area (Å²) < 4.78 is 0. The highest BCUT2D eigenvalue weighted by Crippen LogP contribution is 2.13. The summed E-state index contributed by atoms with van der Waals surface area (Å²) in [5.74, 6) is 0. The van der Waals surface area contributed by atoms with Crippen molar-refractivity contribution in [1.82, 2.24) is 9.88 Å². The van der Waals surface area contributed by atoms with E-state index in [2.05, 4.69) is 58.8 Å². The van der Waals surface area contributed by atoms with Crippen molar-refractivity contribution in [2.75, 3.05) is 25.5 Å². The molecule has 1 aromatic heterocycles. The van der Waals surface area contributed by atoms with Crippen LogP contribution in [0.4, 0.5) is 5.69 Å². The Morgan fingerprint density at radius 1 is 1.26 bits per heavy atom.